The Morgan fingerprint density at radius 3 is 2.21 bits per heavy atom. The van der Waals surface area contributed by atoms with Crippen molar-refractivity contribution in [1.29, 1.82) is 0 Å². The van der Waals surface area contributed by atoms with Crippen LogP contribution in [0, 0.1) is 0 Å². The van der Waals surface area contributed by atoms with Gasteiger partial charge in [-0.2, -0.15) is 0 Å². The Bertz CT molecular complexity index is 597. The highest BCUT2D eigenvalue weighted by molar-refractivity contribution is 6.01. The van der Waals surface area contributed by atoms with E-state index in [0.717, 1.165) is 6.54 Å². The van der Waals surface area contributed by atoms with Gasteiger partial charge in [-0.05, 0) is 40.8 Å². The van der Waals surface area contributed by atoms with E-state index in [1.54, 1.807) is 0 Å². The van der Waals surface area contributed by atoms with Crippen molar-refractivity contribution >= 4 is 23.8 Å². The second-order valence-electron chi connectivity index (χ2n) is 7.53. The fourth-order valence-electron chi connectivity index (χ4n) is 3.60. The Balaban J connectivity index is 1.61. The van der Waals surface area contributed by atoms with Crippen LogP contribution in [-0.4, -0.2) is 90.5 Å². The lowest BCUT2D eigenvalue weighted by molar-refractivity contribution is -0.171. The first-order valence-corrected chi connectivity index (χ1v) is 9.73. The van der Waals surface area contributed by atoms with E-state index in [4.69, 9.17) is 4.84 Å². The molecule has 0 aromatic rings. The van der Waals surface area contributed by atoms with E-state index < -0.39 is 17.9 Å². The zero-order valence-electron chi connectivity index (χ0n) is 17.1. The van der Waals surface area contributed by atoms with Crippen LogP contribution in [0.25, 0.3) is 0 Å². The highest BCUT2D eigenvalue weighted by Crippen LogP contribution is 2.18. The summed E-state index contributed by atoms with van der Waals surface area (Å²) in [6, 6.07) is 0.340. The van der Waals surface area contributed by atoms with Crippen LogP contribution in [0.15, 0.2) is 0 Å². The predicted octanol–water partition coefficient (Wildman–Crippen LogP) is -0.304. The molecule has 0 aromatic heterocycles. The first-order valence-electron chi connectivity index (χ1n) is 9.73. The molecule has 2 heterocycles. The van der Waals surface area contributed by atoms with Crippen LogP contribution in [0.3, 0.4) is 0 Å². The van der Waals surface area contributed by atoms with Gasteiger partial charge in [0.2, 0.25) is 5.91 Å². The van der Waals surface area contributed by atoms with Crippen molar-refractivity contribution in [3.8, 4) is 0 Å². The summed E-state index contributed by atoms with van der Waals surface area (Å²) in [4.78, 5) is 55.9. The number of hydroxylamine groups is 2. The predicted molar refractivity (Wildman–Crippen MR) is 101 cm³/mol. The van der Waals surface area contributed by atoms with Crippen molar-refractivity contribution in [2.45, 2.75) is 57.7 Å². The average Bonchev–Trinajstić information content (AvgIpc) is 2.94. The van der Waals surface area contributed by atoms with Gasteiger partial charge in [-0.25, -0.2) is 4.79 Å². The zero-order valence-corrected chi connectivity index (χ0v) is 17.1. The molecule has 10 nitrogen and oxygen atoms in total. The Kier molecular flexibility index (Phi) is 7.76. The lowest BCUT2D eigenvalue weighted by atomic mass is 10.00. The Morgan fingerprint density at radius 1 is 1.04 bits per heavy atom. The molecule has 2 rings (SSSR count). The Morgan fingerprint density at radius 2 is 1.61 bits per heavy atom. The second kappa shape index (κ2) is 9.83. The van der Waals surface area contributed by atoms with E-state index in [2.05, 4.69) is 34.3 Å². The molecule has 4 amide bonds. The molecule has 0 saturated carbocycles. The lowest BCUT2D eigenvalue weighted by Gasteiger charge is -2.46. The summed E-state index contributed by atoms with van der Waals surface area (Å²) in [5.41, 5.74) is 0. The number of hydrogen-bond donors (Lipinski definition) is 2. The van der Waals surface area contributed by atoms with Gasteiger partial charge in [-0.3, -0.25) is 24.2 Å². The molecule has 2 saturated heterocycles. The summed E-state index contributed by atoms with van der Waals surface area (Å²) < 4.78 is 0. The number of imide groups is 1. The maximum Gasteiger partial charge on any atom is 0.432 e. The molecule has 3 unspecified atom stereocenters. The maximum atomic E-state index is 12.5. The van der Waals surface area contributed by atoms with Crippen LogP contribution in [0.4, 0.5) is 4.79 Å². The van der Waals surface area contributed by atoms with E-state index in [1.165, 1.54) is 0 Å². The summed E-state index contributed by atoms with van der Waals surface area (Å²) in [7, 11) is 4.01. The third kappa shape index (κ3) is 5.41. The first-order chi connectivity index (χ1) is 13.2. The Hall–Kier alpha value is -2.20. The van der Waals surface area contributed by atoms with Crippen LogP contribution in [0.1, 0.15) is 39.5 Å². The summed E-state index contributed by atoms with van der Waals surface area (Å²) in [5, 5.41) is 5.96. The van der Waals surface area contributed by atoms with Gasteiger partial charge in [-0.1, -0.05) is 0 Å². The largest absolute Gasteiger partial charge is 0.432 e. The van der Waals surface area contributed by atoms with E-state index >= 15 is 0 Å². The number of carbonyl (C=O) groups excluding carboxylic acids is 4. The van der Waals surface area contributed by atoms with Gasteiger partial charge in [0.05, 0.1) is 0 Å². The zero-order chi connectivity index (χ0) is 20.8. The summed E-state index contributed by atoms with van der Waals surface area (Å²) >= 11 is 0. The van der Waals surface area contributed by atoms with Crippen LogP contribution >= 0.6 is 0 Å². The molecule has 0 aliphatic carbocycles. The molecular formula is C18H31N5O5. The van der Waals surface area contributed by atoms with Crippen molar-refractivity contribution in [2.24, 2.45) is 0 Å². The van der Waals surface area contributed by atoms with Crippen LogP contribution < -0.4 is 10.6 Å². The molecule has 0 aromatic carbocycles. The van der Waals surface area contributed by atoms with Gasteiger partial charge < -0.3 is 15.5 Å². The van der Waals surface area contributed by atoms with Crippen molar-refractivity contribution in [3.63, 3.8) is 0 Å². The van der Waals surface area contributed by atoms with Gasteiger partial charge in [0.15, 0.2) is 0 Å². The minimum atomic E-state index is -0.831. The second-order valence-corrected chi connectivity index (χ2v) is 7.53. The van der Waals surface area contributed by atoms with Crippen molar-refractivity contribution in [1.82, 2.24) is 25.5 Å². The minimum absolute atomic E-state index is 0.00665. The summed E-state index contributed by atoms with van der Waals surface area (Å²) in [6.07, 6.45) is 0.613. The fourth-order valence-corrected chi connectivity index (χ4v) is 3.60. The number of nitrogens with one attached hydrogen (secondary N) is 2. The van der Waals surface area contributed by atoms with Crippen molar-refractivity contribution in [2.75, 3.05) is 33.7 Å². The van der Waals surface area contributed by atoms with Crippen molar-refractivity contribution < 1.29 is 24.0 Å². The highest BCUT2D eigenvalue weighted by Gasteiger charge is 2.38. The van der Waals surface area contributed by atoms with E-state index in [1.807, 2.05) is 14.1 Å². The average molecular weight is 397 g/mol. The van der Waals surface area contributed by atoms with Gasteiger partial charge >= 0.3 is 6.09 Å². The monoisotopic (exact) mass is 397 g/mol. The molecule has 28 heavy (non-hydrogen) atoms. The number of nitrogens with zero attached hydrogens (tertiary/aromatic N) is 3. The van der Waals surface area contributed by atoms with Gasteiger partial charge in [0.1, 0.15) is 6.04 Å². The molecule has 2 aliphatic heterocycles. The third-order valence-electron chi connectivity index (χ3n) is 5.44. The molecule has 2 fully saturated rings. The summed E-state index contributed by atoms with van der Waals surface area (Å²) in [5.74, 6) is -1.01. The lowest BCUT2D eigenvalue weighted by Crippen LogP contribution is -2.64. The van der Waals surface area contributed by atoms with Crippen LogP contribution in [0.5, 0.6) is 0 Å². The SMILES string of the molecule is CC1CN(C)C(C(=O)NCCCCNC(=O)ON2C(=O)CCC2=O)C(C)N1C. The van der Waals surface area contributed by atoms with E-state index in [0.29, 0.717) is 37.0 Å². The fraction of sp³-hybridized carbons (Fsp3) is 0.778. The topological polar surface area (TPSA) is 111 Å². The molecule has 2 aliphatic rings. The smallest absolute Gasteiger partial charge is 0.355 e. The molecule has 10 heteroatoms. The molecular weight excluding hydrogens is 366 g/mol. The normalized spacial score (nSPS) is 26.4. The quantitative estimate of drug-likeness (QED) is 0.448. The van der Waals surface area contributed by atoms with Gasteiger partial charge in [-0.15, -0.1) is 5.06 Å². The molecule has 0 bridgehead atoms. The minimum Gasteiger partial charge on any atom is -0.355 e. The molecule has 3 atom stereocenters. The standard InChI is InChI=1S/C18H31N5O5/c1-12-11-21(3)16(13(2)22(12)4)17(26)19-9-5-6-10-20-18(27)28-23-14(24)7-8-15(23)25/h12-13,16H,5-11H2,1-4H3,(H,19,26)(H,20,27). The maximum absolute atomic E-state index is 12.5. The summed E-state index contributed by atoms with van der Waals surface area (Å²) in [6.45, 7) is 5.88. The number of amides is 4. The van der Waals surface area contributed by atoms with Crippen molar-refractivity contribution in [3.05, 3.63) is 0 Å². The number of carbonyl (C=O) groups is 4. The van der Waals surface area contributed by atoms with Gasteiger partial charge in [0.25, 0.3) is 11.8 Å². The molecule has 0 spiro atoms. The van der Waals surface area contributed by atoms with E-state index in [-0.39, 0.29) is 30.8 Å². The number of piperazine rings is 1. The Labute approximate surface area is 165 Å². The highest BCUT2D eigenvalue weighted by atomic mass is 16.7. The molecule has 0 radical (unpaired) electrons. The van der Waals surface area contributed by atoms with E-state index in [9.17, 15) is 19.2 Å². The number of unbranched alkanes of at least 4 members (excludes halogenated alkanes) is 1. The molecule has 2 N–H and O–H groups in total. The van der Waals surface area contributed by atoms with Gasteiger partial charge in [0, 0.05) is 44.6 Å². The number of hydrogen-bond acceptors (Lipinski definition) is 7. The number of rotatable bonds is 7. The first kappa shape index (κ1) is 22.1. The van der Waals surface area contributed by atoms with Crippen LogP contribution in [-0.2, 0) is 19.2 Å². The van der Waals surface area contributed by atoms with Crippen LogP contribution in [0.2, 0.25) is 0 Å². The number of likely N-dealkylation sites (N-methyl/N-ethyl adjacent to an activating group) is 2. The third-order valence-corrected chi connectivity index (χ3v) is 5.44. The molecule has 158 valence electrons.